The van der Waals surface area contributed by atoms with Gasteiger partial charge in [0.1, 0.15) is 17.3 Å². The Hall–Kier alpha value is -3.02. The lowest BCUT2D eigenvalue weighted by Crippen LogP contribution is -2.57. The SMILES string of the molecule is CCNC(=O)N1CCN(C2=Nc3ccc(C)cc3Oc3ccc(C)cc32)CC1C. The van der Waals surface area contributed by atoms with Crippen molar-refractivity contribution in [2.75, 3.05) is 26.2 Å². The van der Waals surface area contributed by atoms with Crippen molar-refractivity contribution in [1.29, 1.82) is 0 Å². The summed E-state index contributed by atoms with van der Waals surface area (Å²) in [6.45, 7) is 10.9. The van der Waals surface area contributed by atoms with Gasteiger partial charge in [0.2, 0.25) is 0 Å². The van der Waals surface area contributed by atoms with Crippen molar-refractivity contribution in [2.24, 2.45) is 4.99 Å². The molecule has 2 aliphatic rings. The molecule has 4 rings (SSSR count). The first-order valence-corrected chi connectivity index (χ1v) is 10.2. The molecule has 1 saturated heterocycles. The predicted octanol–water partition coefficient (Wildman–Crippen LogP) is 4.22. The Morgan fingerprint density at radius 1 is 1.14 bits per heavy atom. The minimum Gasteiger partial charge on any atom is -0.454 e. The van der Waals surface area contributed by atoms with Crippen LogP contribution in [0.1, 0.15) is 30.5 Å². The highest BCUT2D eigenvalue weighted by atomic mass is 16.5. The molecule has 2 aliphatic heterocycles. The minimum absolute atomic E-state index is 0.00264. The lowest BCUT2D eigenvalue weighted by atomic mass is 10.1. The van der Waals surface area contributed by atoms with E-state index >= 15 is 0 Å². The summed E-state index contributed by atoms with van der Waals surface area (Å²) in [5.41, 5.74) is 4.13. The zero-order valence-corrected chi connectivity index (χ0v) is 17.5. The molecule has 0 aromatic heterocycles. The highest BCUT2D eigenvalue weighted by Gasteiger charge is 2.31. The average Bonchev–Trinajstić information content (AvgIpc) is 2.84. The fraction of sp³-hybridized carbons (Fsp3) is 0.391. The molecule has 0 bridgehead atoms. The van der Waals surface area contributed by atoms with Crippen LogP contribution >= 0.6 is 0 Å². The molecule has 2 amide bonds. The van der Waals surface area contributed by atoms with E-state index in [1.165, 1.54) is 0 Å². The van der Waals surface area contributed by atoms with E-state index in [0.29, 0.717) is 13.1 Å². The van der Waals surface area contributed by atoms with Gasteiger partial charge in [-0.3, -0.25) is 0 Å². The molecule has 1 atom stereocenters. The lowest BCUT2D eigenvalue weighted by molar-refractivity contribution is 0.135. The number of hydrogen-bond donors (Lipinski definition) is 1. The molecule has 1 N–H and O–H groups in total. The summed E-state index contributed by atoms with van der Waals surface area (Å²) in [7, 11) is 0. The molecule has 0 spiro atoms. The zero-order chi connectivity index (χ0) is 20.5. The number of rotatable bonds is 1. The summed E-state index contributed by atoms with van der Waals surface area (Å²) in [5, 5.41) is 2.91. The zero-order valence-electron chi connectivity index (χ0n) is 17.5. The van der Waals surface area contributed by atoms with Gasteiger partial charge in [0, 0.05) is 32.2 Å². The Balaban J connectivity index is 1.71. The molecule has 2 aromatic rings. The van der Waals surface area contributed by atoms with Gasteiger partial charge in [-0.1, -0.05) is 17.7 Å². The van der Waals surface area contributed by atoms with E-state index in [0.717, 1.165) is 52.8 Å². The monoisotopic (exact) mass is 392 g/mol. The van der Waals surface area contributed by atoms with Crippen molar-refractivity contribution < 1.29 is 9.53 Å². The highest BCUT2D eigenvalue weighted by molar-refractivity contribution is 6.04. The number of carbonyl (C=O) groups is 1. The summed E-state index contributed by atoms with van der Waals surface area (Å²) in [4.78, 5) is 21.5. The number of benzene rings is 2. The third-order valence-corrected chi connectivity index (χ3v) is 5.45. The highest BCUT2D eigenvalue weighted by Crippen LogP contribution is 2.39. The standard InChI is InChI=1S/C23H28N4O2/c1-5-24-23(28)27-11-10-26(14-17(27)4)22-18-12-15(2)7-9-20(18)29-21-13-16(3)6-8-19(21)25-22/h6-9,12-13,17H,5,10-11,14H2,1-4H3,(H,24,28). The quantitative estimate of drug-likeness (QED) is 0.790. The molecule has 152 valence electrons. The maximum absolute atomic E-state index is 12.3. The normalized spacial score (nSPS) is 18.2. The van der Waals surface area contributed by atoms with Gasteiger partial charge in [0.05, 0.1) is 5.56 Å². The van der Waals surface area contributed by atoms with Crippen LogP contribution in [0, 0.1) is 13.8 Å². The number of fused-ring (bicyclic) bond motifs is 2. The van der Waals surface area contributed by atoms with Gasteiger partial charge in [-0.05, 0) is 57.5 Å². The molecule has 0 saturated carbocycles. The first kappa shape index (κ1) is 19.3. The molecular weight excluding hydrogens is 364 g/mol. The minimum atomic E-state index is 0.00264. The number of nitrogens with one attached hydrogen (secondary N) is 1. The van der Waals surface area contributed by atoms with E-state index < -0.39 is 0 Å². The summed E-state index contributed by atoms with van der Waals surface area (Å²) in [5.74, 6) is 2.50. The first-order chi connectivity index (χ1) is 14.0. The Bertz CT molecular complexity index is 969. The van der Waals surface area contributed by atoms with E-state index in [2.05, 4.69) is 49.2 Å². The largest absolute Gasteiger partial charge is 0.454 e. The Kier molecular flexibility index (Phi) is 5.18. The van der Waals surface area contributed by atoms with Crippen LogP contribution in [0.5, 0.6) is 11.5 Å². The van der Waals surface area contributed by atoms with Gasteiger partial charge in [0.15, 0.2) is 5.75 Å². The van der Waals surface area contributed by atoms with Gasteiger partial charge >= 0.3 is 6.03 Å². The molecule has 2 aromatic carbocycles. The summed E-state index contributed by atoms with van der Waals surface area (Å²) >= 11 is 0. The van der Waals surface area contributed by atoms with E-state index in [4.69, 9.17) is 9.73 Å². The third-order valence-electron chi connectivity index (χ3n) is 5.45. The number of hydrogen-bond acceptors (Lipinski definition) is 4. The van der Waals surface area contributed by atoms with Crippen LogP contribution in [0.15, 0.2) is 41.4 Å². The lowest BCUT2D eigenvalue weighted by Gasteiger charge is -2.41. The maximum atomic E-state index is 12.3. The van der Waals surface area contributed by atoms with Crippen molar-refractivity contribution >= 4 is 17.6 Å². The Morgan fingerprint density at radius 2 is 1.90 bits per heavy atom. The third kappa shape index (κ3) is 3.79. The number of aryl methyl sites for hydroxylation is 2. The van der Waals surface area contributed by atoms with Crippen molar-refractivity contribution in [3.05, 3.63) is 53.1 Å². The van der Waals surface area contributed by atoms with Crippen molar-refractivity contribution in [2.45, 2.75) is 33.7 Å². The number of urea groups is 1. The second-order valence-corrected chi connectivity index (χ2v) is 7.83. The van der Waals surface area contributed by atoms with Crippen molar-refractivity contribution in [1.82, 2.24) is 15.1 Å². The van der Waals surface area contributed by atoms with E-state index in [9.17, 15) is 4.79 Å². The van der Waals surface area contributed by atoms with Crippen molar-refractivity contribution in [3.63, 3.8) is 0 Å². The number of amidine groups is 1. The van der Waals surface area contributed by atoms with Crippen LogP contribution in [0.2, 0.25) is 0 Å². The van der Waals surface area contributed by atoms with Crippen LogP contribution in [-0.2, 0) is 0 Å². The molecular formula is C23H28N4O2. The maximum Gasteiger partial charge on any atom is 0.317 e. The number of carbonyl (C=O) groups excluding carboxylic acids is 1. The van der Waals surface area contributed by atoms with Gasteiger partial charge < -0.3 is 19.9 Å². The molecule has 1 unspecified atom stereocenters. The summed E-state index contributed by atoms with van der Waals surface area (Å²) in [6, 6.07) is 12.4. The molecule has 0 aliphatic carbocycles. The molecule has 0 radical (unpaired) electrons. The van der Waals surface area contributed by atoms with E-state index in [1.807, 2.05) is 30.0 Å². The second-order valence-electron chi connectivity index (χ2n) is 7.83. The van der Waals surface area contributed by atoms with E-state index in [1.54, 1.807) is 0 Å². The van der Waals surface area contributed by atoms with Crippen LogP contribution in [0.25, 0.3) is 0 Å². The molecule has 2 heterocycles. The van der Waals surface area contributed by atoms with Gasteiger partial charge in [-0.25, -0.2) is 9.79 Å². The van der Waals surface area contributed by atoms with Crippen LogP contribution < -0.4 is 10.1 Å². The first-order valence-electron chi connectivity index (χ1n) is 10.2. The number of piperazine rings is 1. The second kappa shape index (κ2) is 7.78. The summed E-state index contributed by atoms with van der Waals surface area (Å²) in [6.07, 6.45) is 0. The number of amides is 2. The van der Waals surface area contributed by atoms with Crippen LogP contribution in [-0.4, -0.2) is 53.9 Å². The van der Waals surface area contributed by atoms with Crippen LogP contribution in [0.3, 0.4) is 0 Å². The van der Waals surface area contributed by atoms with Gasteiger partial charge in [-0.15, -0.1) is 0 Å². The molecule has 1 fully saturated rings. The molecule has 6 heteroatoms. The Labute approximate surface area is 172 Å². The van der Waals surface area contributed by atoms with E-state index in [-0.39, 0.29) is 12.1 Å². The number of ether oxygens (including phenoxy) is 1. The molecule has 29 heavy (non-hydrogen) atoms. The van der Waals surface area contributed by atoms with Crippen LogP contribution in [0.4, 0.5) is 10.5 Å². The Morgan fingerprint density at radius 3 is 2.66 bits per heavy atom. The fourth-order valence-electron chi connectivity index (χ4n) is 3.94. The fourth-order valence-corrected chi connectivity index (χ4v) is 3.94. The number of aliphatic imine (C=N–C) groups is 1. The average molecular weight is 393 g/mol. The van der Waals surface area contributed by atoms with Crippen molar-refractivity contribution in [3.8, 4) is 11.5 Å². The smallest absolute Gasteiger partial charge is 0.317 e. The predicted molar refractivity (Wildman–Crippen MR) is 115 cm³/mol. The van der Waals surface area contributed by atoms with Gasteiger partial charge in [-0.2, -0.15) is 0 Å². The van der Waals surface area contributed by atoms with Gasteiger partial charge in [0.25, 0.3) is 0 Å². The molecule has 6 nitrogen and oxygen atoms in total. The topological polar surface area (TPSA) is 57.2 Å². The number of nitrogens with zero attached hydrogens (tertiary/aromatic N) is 3. The summed E-state index contributed by atoms with van der Waals surface area (Å²) < 4.78 is 6.26.